The van der Waals surface area contributed by atoms with E-state index in [1.807, 2.05) is 0 Å². The van der Waals surface area contributed by atoms with E-state index in [4.69, 9.17) is 15.2 Å². The monoisotopic (exact) mass is 213 g/mol. The van der Waals surface area contributed by atoms with E-state index in [1.165, 1.54) is 20.3 Å². The fraction of sp³-hybridized carbons (Fsp3) is 0.300. The SMILES string of the molecule is COc1cc(C(=O)CN)c(OC)cc1F. The fourth-order valence-corrected chi connectivity index (χ4v) is 1.19. The highest BCUT2D eigenvalue weighted by atomic mass is 19.1. The van der Waals surface area contributed by atoms with Gasteiger partial charge in [-0.25, -0.2) is 4.39 Å². The number of carbonyl (C=O) groups is 1. The maximum atomic E-state index is 13.2. The lowest BCUT2D eigenvalue weighted by Crippen LogP contribution is -2.15. The van der Waals surface area contributed by atoms with Crippen molar-refractivity contribution in [1.29, 1.82) is 0 Å². The van der Waals surface area contributed by atoms with Gasteiger partial charge in [0.2, 0.25) is 0 Å². The molecule has 0 heterocycles. The number of carbonyl (C=O) groups excluding carboxylic acids is 1. The van der Waals surface area contributed by atoms with E-state index in [9.17, 15) is 9.18 Å². The molecule has 1 rings (SSSR count). The van der Waals surface area contributed by atoms with Crippen molar-refractivity contribution in [2.24, 2.45) is 5.73 Å². The molecule has 1 aromatic carbocycles. The third-order valence-electron chi connectivity index (χ3n) is 1.96. The third kappa shape index (κ3) is 2.24. The summed E-state index contributed by atoms with van der Waals surface area (Å²) in [6.07, 6.45) is 0. The normalized spacial score (nSPS) is 9.87. The van der Waals surface area contributed by atoms with Crippen LogP contribution < -0.4 is 15.2 Å². The first-order valence-electron chi connectivity index (χ1n) is 4.28. The molecule has 0 saturated carbocycles. The second-order valence-electron chi connectivity index (χ2n) is 2.81. The quantitative estimate of drug-likeness (QED) is 0.757. The largest absolute Gasteiger partial charge is 0.496 e. The standard InChI is InChI=1S/C10H12FNO3/c1-14-9-4-7(11)10(15-2)3-6(9)8(13)5-12/h3-4H,5,12H2,1-2H3. The van der Waals surface area contributed by atoms with E-state index < -0.39 is 5.82 Å². The minimum atomic E-state index is -0.581. The van der Waals surface area contributed by atoms with Crippen LogP contribution in [0.4, 0.5) is 4.39 Å². The molecule has 15 heavy (non-hydrogen) atoms. The van der Waals surface area contributed by atoms with Gasteiger partial charge in [0.15, 0.2) is 17.3 Å². The first-order valence-corrected chi connectivity index (χ1v) is 4.28. The highest BCUT2D eigenvalue weighted by Gasteiger charge is 2.15. The van der Waals surface area contributed by atoms with Gasteiger partial charge in [-0.2, -0.15) is 0 Å². The summed E-state index contributed by atoms with van der Waals surface area (Å²) in [7, 11) is 2.68. The number of halogens is 1. The third-order valence-corrected chi connectivity index (χ3v) is 1.96. The number of hydrogen-bond donors (Lipinski definition) is 1. The molecule has 0 atom stereocenters. The van der Waals surface area contributed by atoms with Gasteiger partial charge >= 0.3 is 0 Å². The molecule has 0 fully saturated rings. The average molecular weight is 213 g/mol. The first-order chi connectivity index (χ1) is 7.13. The summed E-state index contributed by atoms with van der Waals surface area (Å²) in [4.78, 5) is 11.4. The number of ketones is 1. The van der Waals surface area contributed by atoms with E-state index in [1.54, 1.807) is 0 Å². The van der Waals surface area contributed by atoms with Crippen molar-refractivity contribution < 1.29 is 18.7 Å². The smallest absolute Gasteiger partial charge is 0.180 e. The number of methoxy groups -OCH3 is 2. The highest BCUT2D eigenvalue weighted by Crippen LogP contribution is 2.27. The number of ether oxygens (including phenoxy) is 2. The summed E-state index contributed by atoms with van der Waals surface area (Å²) in [5.74, 6) is -0.760. The molecule has 2 N–H and O–H groups in total. The fourth-order valence-electron chi connectivity index (χ4n) is 1.19. The minimum Gasteiger partial charge on any atom is -0.496 e. The van der Waals surface area contributed by atoms with Gasteiger partial charge in [-0.3, -0.25) is 4.79 Å². The van der Waals surface area contributed by atoms with Crippen molar-refractivity contribution in [3.05, 3.63) is 23.5 Å². The average Bonchev–Trinajstić information content (AvgIpc) is 2.27. The summed E-state index contributed by atoms with van der Waals surface area (Å²) in [5.41, 5.74) is 5.44. The van der Waals surface area contributed by atoms with Crippen LogP contribution in [0, 0.1) is 5.82 Å². The summed E-state index contributed by atoms with van der Waals surface area (Å²) in [6, 6.07) is 2.38. The van der Waals surface area contributed by atoms with Crippen molar-refractivity contribution in [3.8, 4) is 11.5 Å². The van der Waals surface area contributed by atoms with Crippen LogP contribution in [0.2, 0.25) is 0 Å². The van der Waals surface area contributed by atoms with Crippen LogP contribution in [-0.4, -0.2) is 26.5 Å². The van der Waals surface area contributed by atoms with Crippen LogP contribution in [0.5, 0.6) is 11.5 Å². The molecule has 0 unspecified atom stereocenters. The van der Waals surface area contributed by atoms with Crippen LogP contribution in [0.1, 0.15) is 10.4 Å². The van der Waals surface area contributed by atoms with Crippen molar-refractivity contribution in [1.82, 2.24) is 0 Å². The van der Waals surface area contributed by atoms with E-state index >= 15 is 0 Å². The zero-order chi connectivity index (χ0) is 11.4. The molecule has 1 aromatic rings. The Morgan fingerprint density at radius 2 is 1.93 bits per heavy atom. The number of Topliss-reactive ketones (excluding diaryl/α,β-unsaturated/α-hetero) is 1. The van der Waals surface area contributed by atoms with Crippen LogP contribution in [0.3, 0.4) is 0 Å². The molecule has 0 bridgehead atoms. The maximum Gasteiger partial charge on any atom is 0.180 e. The maximum absolute atomic E-state index is 13.2. The van der Waals surface area contributed by atoms with Crippen molar-refractivity contribution in [3.63, 3.8) is 0 Å². The van der Waals surface area contributed by atoms with Crippen molar-refractivity contribution in [2.75, 3.05) is 20.8 Å². The lowest BCUT2D eigenvalue weighted by molar-refractivity contribution is 0.0998. The zero-order valence-electron chi connectivity index (χ0n) is 8.54. The molecule has 82 valence electrons. The topological polar surface area (TPSA) is 61.5 Å². The Bertz CT molecular complexity index is 379. The Kier molecular flexibility index (Phi) is 3.62. The predicted octanol–water partition coefficient (Wildman–Crippen LogP) is 0.984. The Morgan fingerprint density at radius 1 is 1.33 bits per heavy atom. The van der Waals surface area contributed by atoms with Gasteiger partial charge in [0.25, 0.3) is 0 Å². The predicted molar refractivity (Wildman–Crippen MR) is 52.9 cm³/mol. The second-order valence-corrected chi connectivity index (χ2v) is 2.81. The van der Waals surface area contributed by atoms with Gasteiger partial charge in [0.05, 0.1) is 26.3 Å². The van der Waals surface area contributed by atoms with Gasteiger partial charge in [-0.05, 0) is 6.07 Å². The Morgan fingerprint density at radius 3 is 2.40 bits per heavy atom. The molecular formula is C10H12FNO3. The summed E-state index contributed by atoms with van der Waals surface area (Å²) in [6.45, 7) is -0.162. The van der Waals surface area contributed by atoms with E-state index in [0.29, 0.717) is 0 Å². The van der Waals surface area contributed by atoms with Crippen LogP contribution in [0.25, 0.3) is 0 Å². The summed E-state index contributed by atoms with van der Waals surface area (Å²) in [5, 5.41) is 0. The number of nitrogens with two attached hydrogens (primary N) is 1. The zero-order valence-corrected chi connectivity index (χ0v) is 8.54. The lowest BCUT2D eigenvalue weighted by Gasteiger charge is -2.09. The van der Waals surface area contributed by atoms with Gasteiger partial charge in [-0.15, -0.1) is 0 Å². The van der Waals surface area contributed by atoms with Crippen LogP contribution in [0.15, 0.2) is 12.1 Å². The van der Waals surface area contributed by atoms with Gasteiger partial charge in [-0.1, -0.05) is 0 Å². The highest BCUT2D eigenvalue weighted by molar-refractivity contribution is 6.00. The molecule has 0 aliphatic carbocycles. The molecule has 0 aliphatic heterocycles. The van der Waals surface area contributed by atoms with E-state index in [2.05, 4.69) is 0 Å². The molecule has 0 aliphatic rings. The minimum absolute atomic E-state index is 0.00685. The molecule has 0 aromatic heterocycles. The van der Waals surface area contributed by atoms with Gasteiger partial charge < -0.3 is 15.2 Å². The summed E-state index contributed by atoms with van der Waals surface area (Å²) >= 11 is 0. The Labute approximate surface area is 86.8 Å². The first kappa shape index (κ1) is 11.5. The molecule has 0 spiro atoms. The molecule has 5 heteroatoms. The second kappa shape index (κ2) is 4.75. The number of rotatable bonds is 4. The molecule has 4 nitrogen and oxygen atoms in total. The molecule has 0 amide bonds. The molecule has 0 radical (unpaired) electrons. The lowest BCUT2D eigenvalue weighted by atomic mass is 10.1. The van der Waals surface area contributed by atoms with Gasteiger partial charge in [0.1, 0.15) is 5.75 Å². The Balaban J connectivity index is 3.28. The molecular weight excluding hydrogens is 201 g/mol. The van der Waals surface area contributed by atoms with E-state index in [-0.39, 0.29) is 29.4 Å². The number of hydrogen-bond acceptors (Lipinski definition) is 4. The van der Waals surface area contributed by atoms with Gasteiger partial charge in [0, 0.05) is 6.07 Å². The Hall–Kier alpha value is -1.62. The number of benzene rings is 1. The van der Waals surface area contributed by atoms with Crippen molar-refractivity contribution >= 4 is 5.78 Å². The van der Waals surface area contributed by atoms with Crippen molar-refractivity contribution in [2.45, 2.75) is 0 Å². The van der Waals surface area contributed by atoms with E-state index in [0.717, 1.165) is 6.07 Å². The van der Waals surface area contributed by atoms with Crippen LogP contribution >= 0.6 is 0 Å². The van der Waals surface area contributed by atoms with Crippen LogP contribution in [-0.2, 0) is 0 Å². The summed E-state index contributed by atoms with van der Waals surface area (Å²) < 4.78 is 22.9. The molecule has 0 saturated heterocycles.